The molecule has 0 atom stereocenters. The molecule has 29 heavy (non-hydrogen) atoms. The molecule has 0 unspecified atom stereocenters. The molecule has 5 heteroatoms. The molecular weight excluding hydrogens is 362 g/mol. The van der Waals surface area contributed by atoms with Crippen molar-refractivity contribution >= 4 is 16.6 Å². The summed E-state index contributed by atoms with van der Waals surface area (Å²) in [5, 5.41) is 2.44. The molecule has 0 aliphatic carbocycles. The van der Waals surface area contributed by atoms with Gasteiger partial charge in [0, 0.05) is 45.0 Å². The molecule has 2 aromatic carbocycles. The molecule has 1 aromatic heterocycles. The lowest BCUT2D eigenvalue weighted by atomic mass is 9.98. The first-order valence-electron chi connectivity index (χ1n) is 10.4. The summed E-state index contributed by atoms with van der Waals surface area (Å²) in [5.41, 5.74) is 3.68. The minimum absolute atomic E-state index is 0.686. The fourth-order valence-corrected chi connectivity index (χ4v) is 4.29. The van der Waals surface area contributed by atoms with Gasteiger partial charge >= 0.3 is 0 Å². The number of hydrogen-bond donors (Lipinski definition) is 0. The van der Waals surface area contributed by atoms with Gasteiger partial charge in [0.2, 0.25) is 0 Å². The minimum atomic E-state index is 0.686. The average molecular weight is 389 g/mol. The second kappa shape index (κ2) is 8.01. The van der Waals surface area contributed by atoms with Crippen LogP contribution in [-0.4, -0.2) is 62.9 Å². The van der Waals surface area contributed by atoms with Crippen LogP contribution in [-0.2, 0) is 11.2 Å². The van der Waals surface area contributed by atoms with Gasteiger partial charge < -0.3 is 14.4 Å². The van der Waals surface area contributed by atoms with Crippen molar-refractivity contribution in [3.63, 3.8) is 0 Å². The van der Waals surface area contributed by atoms with Crippen LogP contribution < -0.4 is 9.64 Å². The van der Waals surface area contributed by atoms with Crippen molar-refractivity contribution < 1.29 is 9.47 Å². The average Bonchev–Trinajstić information content (AvgIpc) is 3.14. The third kappa shape index (κ3) is 3.80. The maximum Gasteiger partial charge on any atom is 0.131 e. The van der Waals surface area contributed by atoms with Crippen LogP contribution in [0.3, 0.4) is 0 Å². The summed E-state index contributed by atoms with van der Waals surface area (Å²) in [6, 6.07) is 15.1. The molecule has 0 amide bonds. The largest absolute Gasteiger partial charge is 0.492 e. The van der Waals surface area contributed by atoms with Crippen molar-refractivity contribution in [2.75, 3.05) is 57.9 Å². The zero-order valence-electron chi connectivity index (χ0n) is 16.9. The molecule has 0 bridgehead atoms. The van der Waals surface area contributed by atoms with Crippen LogP contribution in [0.2, 0.25) is 0 Å². The van der Waals surface area contributed by atoms with Gasteiger partial charge in [0.05, 0.1) is 13.2 Å². The van der Waals surface area contributed by atoms with E-state index in [9.17, 15) is 0 Å². The van der Waals surface area contributed by atoms with Crippen LogP contribution >= 0.6 is 0 Å². The van der Waals surface area contributed by atoms with Gasteiger partial charge in [0.25, 0.3) is 0 Å². The predicted molar refractivity (Wildman–Crippen MR) is 117 cm³/mol. The number of fused-ring (bicyclic) bond motifs is 2. The third-order valence-corrected chi connectivity index (χ3v) is 5.95. The molecule has 3 aromatic rings. The highest BCUT2D eigenvalue weighted by molar-refractivity contribution is 5.98. The number of rotatable bonds is 5. The minimum Gasteiger partial charge on any atom is -0.492 e. The number of anilines is 1. The Morgan fingerprint density at radius 3 is 2.83 bits per heavy atom. The standard InChI is InChI=1S/C24H27N3O2/c1-26-7-6-19-14-20(17-25-24(19)26)23-16-21(15-18-4-2-3-5-22(18)23)29-13-10-27-8-11-28-12-9-27/h2-5,14-17H,6-13H2,1H3. The van der Waals surface area contributed by atoms with Gasteiger partial charge in [-0.05, 0) is 46.5 Å². The Morgan fingerprint density at radius 2 is 1.93 bits per heavy atom. The number of likely N-dealkylation sites (N-methyl/N-ethyl adjacent to an activating group) is 1. The van der Waals surface area contributed by atoms with E-state index >= 15 is 0 Å². The van der Waals surface area contributed by atoms with Crippen LogP contribution in [0.25, 0.3) is 21.9 Å². The topological polar surface area (TPSA) is 37.8 Å². The van der Waals surface area contributed by atoms with Crippen LogP contribution in [0.5, 0.6) is 5.75 Å². The number of ether oxygens (including phenoxy) is 2. The highest BCUT2D eigenvalue weighted by Gasteiger charge is 2.18. The van der Waals surface area contributed by atoms with Crippen molar-refractivity contribution in [2.45, 2.75) is 6.42 Å². The first-order valence-corrected chi connectivity index (χ1v) is 10.4. The molecule has 0 saturated carbocycles. The molecule has 0 radical (unpaired) electrons. The molecule has 2 aliphatic rings. The maximum atomic E-state index is 6.18. The quantitative estimate of drug-likeness (QED) is 0.667. The predicted octanol–water partition coefficient (Wildman–Crippen LogP) is 3.61. The van der Waals surface area contributed by atoms with Crippen molar-refractivity contribution in [1.82, 2.24) is 9.88 Å². The lowest BCUT2D eigenvalue weighted by Gasteiger charge is -2.26. The fourth-order valence-electron chi connectivity index (χ4n) is 4.29. The number of pyridine rings is 1. The summed E-state index contributed by atoms with van der Waals surface area (Å²) in [7, 11) is 2.11. The van der Waals surface area contributed by atoms with Gasteiger partial charge in [-0.1, -0.05) is 24.3 Å². The van der Waals surface area contributed by atoms with Gasteiger partial charge in [-0.15, -0.1) is 0 Å². The lowest BCUT2D eigenvalue weighted by Crippen LogP contribution is -2.38. The summed E-state index contributed by atoms with van der Waals surface area (Å²) in [4.78, 5) is 9.36. The van der Waals surface area contributed by atoms with Crippen molar-refractivity contribution in [3.05, 3.63) is 54.2 Å². The summed E-state index contributed by atoms with van der Waals surface area (Å²) in [5.74, 6) is 2.03. The molecule has 1 fully saturated rings. The van der Waals surface area contributed by atoms with E-state index in [2.05, 4.69) is 59.3 Å². The van der Waals surface area contributed by atoms with Gasteiger partial charge in [-0.2, -0.15) is 0 Å². The molecule has 5 rings (SSSR count). The highest BCUT2D eigenvalue weighted by Crippen LogP contribution is 2.35. The Morgan fingerprint density at radius 1 is 1.07 bits per heavy atom. The van der Waals surface area contributed by atoms with E-state index in [4.69, 9.17) is 14.5 Å². The number of hydrogen-bond acceptors (Lipinski definition) is 5. The summed E-state index contributed by atoms with van der Waals surface area (Å²) >= 11 is 0. The van der Waals surface area contributed by atoms with E-state index in [1.54, 1.807) is 0 Å². The Hall–Kier alpha value is -2.63. The molecular formula is C24H27N3O2. The molecule has 3 heterocycles. The molecule has 150 valence electrons. The number of morpholine rings is 1. The monoisotopic (exact) mass is 389 g/mol. The number of benzene rings is 2. The summed E-state index contributed by atoms with van der Waals surface area (Å²) < 4.78 is 11.6. The zero-order chi connectivity index (χ0) is 19.6. The van der Waals surface area contributed by atoms with Crippen LogP contribution in [0.4, 0.5) is 5.82 Å². The van der Waals surface area contributed by atoms with E-state index in [0.29, 0.717) is 6.61 Å². The van der Waals surface area contributed by atoms with E-state index in [1.807, 2.05) is 6.20 Å². The number of nitrogens with zero attached hydrogens (tertiary/aromatic N) is 3. The molecule has 2 aliphatic heterocycles. The van der Waals surface area contributed by atoms with Gasteiger partial charge in [0.1, 0.15) is 18.2 Å². The maximum absolute atomic E-state index is 6.18. The highest BCUT2D eigenvalue weighted by atomic mass is 16.5. The Bertz CT molecular complexity index is 1010. The Balaban J connectivity index is 1.43. The van der Waals surface area contributed by atoms with Crippen LogP contribution in [0, 0.1) is 0 Å². The first kappa shape index (κ1) is 18.4. The Kier molecular flexibility index (Phi) is 5.08. The normalized spacial score (nSPS) is 16.9. The van der Waals surface area contributed by atoms with Gasteiger partial charge in [-0.25, -0.2) is 4.98 Å². The SMILES string of the molecule is CN1CCc2cc(-c3cc(OCCN4CCOCC4)cc4ccccc34)cnc21. The van der Waals surface area contributed by atoms with Crippen molar-refractivity contribution in [2.24, 2.45) is 0 Å². The second-order valence-electron chi connectivity index (χ2n) is 7.87. The number of aromatic nitrogens is 1. The van der Waals surface area contributed by atoms with Crippen LogP contribution in [0.1, 0.15) is 5.56 Å². The Labute approximate surface area is 171 Å². The first-order chi connectivity index (χ1) is 14.3. The van der Waals surface area contributed by atoms with E-state index < -0.39 is 0 Å². The third-order valence-electron chi connectivity index (χ3n) is 5.95. The van der Waals surface area contributed by atoms with Crippen LogP contribution in [0.15, 0.2) is 48.7 Å². The van der Waals surface area contributed by atoms with E-state index in [1.165, 1.54) is 21.9 Å². The smallest absolute Gasteiger partial charge is 0.131 e. The molecule has 0 N–H and O–H groups in total. The zero-order valence-corrected chi connectivity index (χ0v) is 16.9. The van der Waals surface area contributed by atoms with Gasteiger partial charge in [-0.3, -0.25) is 4.90 Å². The summed E-state index contributed by atoms with van der Waals surface area (Å²) in [6.45, 7) is 6.27. The van der Waals surface area contributed by atoms with Crippen molar-refractivity contribution in [3.8, 4) is 16.9 Å². The summed E-state index contributed by atoms with van der Waals surface area (Å²) in [6.07, 6.45) is 3.06. The van der Waals surface area contributed by atoms with E-state index in [0.717, 1.165) is 62.9 Å². The fraction of sp³-hybridized carbons (Fsp3) is 0.375. The lowest BCUT2D eigenvalue weighted by molar-refractivity contribution is 0.0322. The van der Waals surface area contributed by atoms with Gasteiger partial charge in [0.15, 0.2) is 0 Å². The molecule has 0 spiro atoms. The van der Waals surface area contributed by atoms with E-state index in [-0.39, 0.29) is 0 Å². The van der Waals surface area contributed by atoms with Crippen molar-refractivity contribution in [1.29, 1.82) is 0 Å². The molecule has 1 saturated heterocycles. The molecule has 5 nitrogen and oxygen atoms in total. The second-order valence-corrected chi connectivity index (χ2v) is 7.87.